The largest absolute Gasteiger partial charge is 0.507 e. The van der Waals surface area contributed by atoms with Crippen LogP contribution in [0.2, 0.25) is 5.02 Å². The molecular formula is C26H23ClN2O4. The normalized spacial score (nSPS) is 17.3. The zero-order valence-corrected chi connectivity index (χ0v) is 19.2. The lowest BCUT2D eigenvalue weighted by Gasteiger charge is -2.26. The highest BCUT2D eigenvalue weighted by Crippen LogP contribution is 2.43. The summed E-state index contributed by atoms with van der Waals surface area (Å²) in [6.45, 7) is 0. The molecule has 1 heterocycles. The van der Waals surface area contributed by atoms with E-state index in [1.165, 1.54) is 12.0 Å². The molecule has 33 heavy (non-hydrogen) atoms. The maximum atomic E-state index is 13.2. The van der Waals surface area contributed by atoms with Crippen LogP contribution in [0.25, 0.3) is 5.76 Å². The average Bonchev–Trinajstić information content (AvgIpc) is 3.10. The summed E-state index contributed by atoms with van der Waals surface area (Å²) in [6, 6.07) is 20.4. The molecule has 1 fully saturated rings. The number of carbonyl (C=O) groups is 2. The topological polar surface area (TPSA) is 70.1 Å². The Labute approximate surface area is 197 Å². The number of methoxy groups -OCH3 is 1. The second-order valence-electron chi connectivity index (χ2n) is 7.84. The van der Waals surface area contributed by atoms with E-state index in [0.29, 0.717) is 17.0 Å². The molecule has 3 aromatic rings. The Morgan fingerprint density at radius 3 is 2.27 bits per heavy atom. The van der Waals surface area contributed by atoms with Gasteiger partial charge < -0.3 is 14.7 Å². The highest BCUT2D eigenvalue weighted by molar-refractivity contribution is 6.52. The smallest absolute Gasteiger partial charge is 0.300 e. The van der Waals surface area contributed by atoms with E-state index in [1.807, 2.05) is 61.5 Å². The second kappa shape index (κ2) is 9.00. The first-order valence-electron chi connectivity index (χ1n) is 10.3. The number of rotatable bonds is 5. The third-order valence-corrected chi connectivity index (χ3v) is 5.96. The number of Topliss-reactive ketones (excluding diaryl/α,β-unsaturated/α-hetero) is 1. The van der Waals surface area contributed by atoms with Crippen LogP contribution < -0.4 is 14.5 Å². The summed E-state index contributed by atoms with van der Waals surface area (Å²) < 4.78 is 5.24. The van der Waals surface area contributed by atoms with Gasteiger partial charge in [-0.05, 0) is 48.0 Å². The van der Waals surface area contributed by atoms with Crippen LogP contribution >= 0.6 is 11.6 Å². The van der Waals surface area contributed by atoms with Gasteiger partial charge in [0, 0.05) is 31.0 Å². The summed E-state index contributed by atoms with van der Waals surface area (Å²) in [5.41, 5.74) is 2.38. The molecule has 0 aliphatic carbocycles. The van der Waals surface area contributed by atoms with Crippen LogP contribution in [0.3, 0.4) is 0 Å². The van der Waals surface area contributed by atoms with Gasteiger partial charge in [-0.3, -0.25) is 14.5 Å². The molecule has 7 heteroatoms. The number of anilines is 2. The van der Waals surface area contributed by atoms with Crippen LogP contribution in [-0.4, -0.2) is 38.0 Å². The van der Waals surface area contributed by atoms with Crippen molar-refractivity contribution in [3.8, 4) is 5.75 Å². The molecule has 6 nitrogen and oxygen atoms in total. The van der Waals surface area contributed by atoms with Gasteiger partial charge in [-0.2, -0.15) is 0 Å². The van der Waals surface area contributed by atoms with E-state index in [4.69, 9.17) is 16.3 Å². The van der Waals surface area contributed by atoms with Crippen molar-refractivity contribution in [1.29, 1.82) is 0 Å². The number of hydrogen-bond donors (Lipinski definition) is 1. The Kier molecular flexibility index (Phi) is 6.11. The zero-order chi connectivity index (χ0) is 23.7. The number of ketones is 1. The average molecular weight is 463 g/mol. The molecule has 1 aliphatic rings. The first kappa shape index (κ1) is 22.4. The van der Waals surface area contributed by atoms with Gasteiger partial charge >= 0.3 is 0 Å². The third-order valence-electron chi connectivity index (χ3n) is 5.63. The molecule has 0 saturated carbocycles. The monoisotopic (exact) mass is 462 g/mol. The molecular weight excluding hydrogens is 440 g/mol. The molecule has 3 aromatic carbocycles. The van der Waals surface area contributed by atoms with Crippen molar-refractivity contribution >= 4 is 40.4 Å². The maximum Gasteiger partial charge on any atom is 0.300 e. The van der Waals surface area contributed by atoms with Gasteiger partial charge in [-0.1, -0.05) is 41.9 Å². The van der Waals surface area contributed by atoms with Crippen LogP contribution in [0, 0.1) is 0 Å². The first-order chi connectivity index (χ1) is 15.8. The van der Waals surface area contributed by atoms with Gasteiger partial charge in [0.1, 0.15) is 11.5 Å². The fraction of sp³-hybridized carbons (Fsp3) is 0.154. The molecule has 1 amide bonds. The molecule has 1 atom stereocenters. The summed E-state index contributed by atoms with van der Waals surface area (Å²) in [4.78, 5) is 29.8. The predicted octanol–water partition coefficient (Wildman–Crippen LogP) is 5.04. The van der Waals surface area contributed by atoms with Crippen LogP contribution in [0.5, 0.6) is 5.75 Å². The first-order valence-corrected chi connectivity index (χ1v) is 10.7. The lowest BCUT2D eigenvalue weighted by Crippen LogP contribution is -2.29. The molecule has 1 N–H and O–H groups in total. The minimum atomic E-state index is -0.821. The number of carbonyl (C=O) groups excluding carboxylic acids is 2. The van der Waals surface area contributed by atoms with Crippen LogP contribution in [0.15, 0.2) is 78.4 Å². The van der Waals surface area contributed by atoms with E-state index in [0.717, 1.165) is 5.69 Å². The van der Waals surface area contributed by atoms with Crippen molar-refractivity contribution in [2.75, 3.05) is 31.0 Å². The molecule has 1 aliphatic heterocycles. The standard InChI is InChI=1S/C26H23ClN2O4/c1-28(2)17-9-11-18(12-10-17)29-23(16-7-5-4-6-8-16)22(25(31)26(29)32)24(30)20-15-19(33-3)13-14-21(20)27/h4-15,23,30H,1-3H3/b24-22+. The van der Waals surface area contributed by atoms with E-state index in [2.05, 4.69) is 0 Å². The predicted molar refractivity (Wildman–Crippen MR) is 130 cm³/mol. The Balaban J connectivity index is 1.92. The zero-order valence-electron chi connectivity index (χ0n) is 18.4. The Hall–Kier alpha value is -3.77. The van der Waals surface area contributed by atoms with Gasteiger partial charge in [0.15, 0.2) is 0 Å². The number of ether oxygens (including phenoxy) is 1. The fourth-order valence-corrected chi connectivity index (χ4v) is 4.13. The number of halogens is 1. The molecule has 0 spiro atoms. The molecule has 1 saturated heterocycles. The summed E-state index contributed by atoms with van der Waals surface area (Å²) in [5, 5.41) is 11.5. The minimum absolute atomic E-state index is 0.0296. The summed E-state index contributed by atoms with van der Waals surface area (Å²) >= 11 is 6.34. The number of aliphatic hydroxyl groups is 1. The lowest BCUT2D eigenvalue weighted by atomic mass is 9.95. The lowest BCUT2D eigenvalue weighted by molar-refractivity contribution is -0.132. The molecule has 168 valence electrons. The van der Waals surface area contributed by atoms with Gasteiger partial charge in [-0.15, -0.1) is 0 Å². The third kappa shape index (κ3) is 4.05. The van der Waals surface area contributed by atoms with Gasteiger partial charge in [0.05, 0.1) is 23.7 Å². The van der Waals surface area contributed by atoms with E-state index >= 15 is 0 Å². The van der Waals surface area contributed by atoms with Gasteiger partial charge in [-0.25, -0.2) is 0 Å². The molecule has 0 radical (unpaired) electrons. The van der Waals surface area contributed by atoms with Crippen LogP contribution in [-0.2, 0) is 9.59 Å². The van der Waals surface area contributed by atoms with Gasteiger partial charge in [0.25, 0.3) is 11.7 Å². The van der Waals surface area contributed by atoms with Crippen molar-refractivity contribution in [3.05, 3.63) is 94.5 Å². The molecule has 0 bridgehead atoms. The van der Waals surface area contributed by atoms with Crippen molar-refractivity contribution < 1.29 is 19.4 Å². The minimum Gasteiger partial charge on any atom is -0.507 e. The molecule has 0 aromatic heterocycles. The van der Waals surface area contributed by atoms with Crippen molar-refractivity contribution in [1.82, 2.24) is 0 Å². The van der Waals surface area contributed by atoms with Crippen molar-refractivity contribution in [2.45, 2.75) is 6.04 Å². The van der Waals surface area contributed by atoms with Crippen molar-refractivity contribution in [2.24, 2.45) is 0 Å². The van der Waals surface area contributed by atoms with Gasteiger partial charge in [0.2, 0.25) is 0 Å². The molecule has 1 unspecified atom stereocenters. The summed E-state index contributed by atoms with van der Waals surface area (Å²) in [5.74, 6) is -1.39. The second-order valence-corrected chi connectivity index (χ2v) is 8.24. The Bertz CT molecular complexity index is 1240. The highest BCUT2D eigenvalue weighted by atomic mass is 35.5. The Morgan fingerprint density at radius 1 is 1.00 bits per heavy atom. The number of amides is 1. The highest BCUT2D eigenvalue weighted by Gasteiger charge is 2.47. The van der Waals surface area contributed by atoms with Crippen molar-refractivity contribution in [3.63, 3.8) is 0 Å². The van der Waals surface area contributed by atoms with E-state index < -0.39 is 17.7 Å². The maximum absolute atomic E-state index is 13.2. The van der Waals surface area contributed by atoms with Crippen LogP contribution in [0.4, 0.5) is 11.4 Å². The number of nitrogens with zero attached hydrogens (tertiary/aromatic N) is 2. The van der Waals surface area contributed by atoms with E-state index in [-0.39, 0.29) is 21.9 Å². The van der Waals surface area contributed by atoms with Crippen LogP contribution in [0.1, 0.15) is 17.2 Å². The fourth-order valence-electron chi connectivity index (χ4n) is 3.92. The summed E-state index contributed by atoms with van der Waals surface area (Å²) in [7, 11) is 5.33. The molecule has 4 rings (SSSR count). The number of benzene rings is 3. The summed E-state index contributed by atoms with van der Waals surface area (Å²) in [6.07, 6.45) is 0. The Morgan fingerprint density at radius 2 is 1.67 bits per heavy atom. The number of hydrogen-bond acceptors (Lipinski definition) is 5. The number of aliphatic hydroxyl groups excluding tert-OH is 1. The van der Waals surface area contributed by atoms with E-state index in [9.17, 15) is 14.7 Å². The SMILES string of the molecule is COc1ccc(Cl)c(/C(O)=C2\C(=O)C(=O)N(c3ccc(N(C)C)cc3)C2c2ccccc2)c1. The quantitative estimate of drug-likeness (QED) is 0.327. The van der Waals surface area contributed by atoms with E-state index in [1.54, 1.807) is 30.3 Å².